The van der Waals surface area contributed by atoms with Crippen LogP contribution in [0.25, 0.3) is 0 Å². The van der Waals surface area contributed by atoms with E-state index in [-0.39, 0.29) is 0 Å². The number of aromatic nitrogens is 1. The third-order valence-electron chi connectivity index (χ3n) is 2.53. The van der Waals surface area contributed by atoms with Crippen LogP contribution in [-0.2, 0) is 6.54 Å². The highest BCUT2D eigenvalue weighted by Crippen LogP contribution is 2.22. The second-order valence-corrected chi connectivity index (χ2v) is 4.12. The fourth-order valence-corrected chi connectivity index (χ4v) is 1.76. The third-order valence-corrected chi connectivity index (χ3v) is 2.74. The van der Waals surface area contributed by atoms with Crippen molar-refractivity contribution < 1.29 is 4.74 Å². The van der Waals surface area contributed by atoms with Gasteiger partial charge in [0.15, 0.2) is 5.82 Å². The van der Waals surface area contributed by atoms with Gasteiger partial charge in [-0.1, -0.05) is 29.8 Å². The Hall–Kier alpha value is -1.94. The van der Waals surface area contributed by atoms with Gasteiger partial charge >= 0.3 is 0 Å². The summed E-state index contributed by atoms with van der Waals surface area (Å²) < 4.78 is 5.27. The molecule has 1 aromatic heterocycles. The molecule has 0 saturated carbocycles. The Kier molecular flexibility index (Phi) is 3.89. The minimum Gasteiger partial charge on any atom is -0.496 e. The van der Waals surface area contributed by atoms with Gasteiger partial charge in [-0.2, -0.15) is 0 Å². The van der Waals surface area contributed by atoms with Crippen molar-refractivity contribution in [3.63, 3.8) is 0 Å². The number of nitrogens with two attached hydrogens (primary N) is 1. The third kappa shape index (κ3) is 2.84. The molecule has 0 radical (unpaired) electrons. The second kappa shape index (κ2) is 5.60. The number of methoxy groups -OCH3 is 1. The number of nitrogens with one attached hydrogen (secondary N) is 1. The van der Waals surface area contributed by atoms with Crippen molar-refractivity contribution in [2.75, 3.05) is 18.2 Å². The van der Waals surface area contributed by atoms with E-state index in [4.69, 9.17) is 22.1 Å². The molecule has 0 atom stereocenters. The van der Waals surface area contributed by atoms with Crippen LogP contribution in [0.2, 0.25) is 5.15 Å². The number of hydrogen-bond acceptors (Lipinski definition) is 4. The number of hydrogen-bond donors (Lipinski definition) is 2. The molecule has 94 valence electrons. The summed E-state index contributed by atoms with van der Waals surface area (Å²) in [5.74, 6) is 1.40. The number of nitrogen functional groups attached to an aromatic ring is 1. The van der Waals surface area contributed by atoms with Crippen LogP contribution in [0.3, 0.4) is 0 Å². The first kappa shape index (κ1) is 12.5. The highest BCUT2D eigenvalue weighted by molar-refractivity contribution is 6.29. The molecule has 0 unspecified atom stereocenters. The van der Waals surface area contributed by atoms with E-state index in [0.29, 0.717) is 23.2 Å². The summed E-state index contributed by atoms with van der Waals surface area (Å²) in [7, 11) is 1.64. The van der Waals surface area contributed by atoms with E-state index < -0.39 is 0 Å². The largest absolute Gasteiger partial charge is 0.496 e. The Labute approximate surface area is 111 Å². The van der Waals surface area contributed by atoms with E-state index >= 15 is 0 Å². The summed E-state index contributed by atoms with van der Waals surface area (Å²) in [6, 6.07) is 11.1. The summed E-state index contributed by atoms with van der Waals surface area (Å²) in [4.78, 5) is 4.13. The fraction of sp³-hybridized carbons (Fsp3) is 0.154. The van der Waals surface area contributed by atoms with E-state index in [1.165, 1.54) is 0 Å². The molecule has 2 rings (SSSR count). The second-order valence-electron chi connectivity index (χ2n) is 3.74. The number of pyridine rings is 1. The normalized spacial score (nSPS) is 10.1. The molecule has 0 aliphatic heterocycles. The minimum absolute atomic E-state index is 0.409. The Morgan fingerprint density at radius 2 is 2.06 bits per heavy atom. The van der Waals surface area contributed by atoms with Crippen molar-refractivity contribution in [3.05, 3.63) is 47.1 Å². The summed E-state index contributed by atoms with van der Waals surface area (Å²) in [6.45, 7) is 0.571. The van der Waals surface area contributed by atoms with Crippen molar-refractivity contribution in [1.29, 1.82) is 0 Å². The van der Waals surface area contributed by atoms with Gasteiger partial charge in [-0.3, -0.25) is 0 Å². The van der Waals surface area contributed by atoms with Crippen LogP contribution < -0.4 is 15.8 Å². The molecule has 0 aliphatic rings. The predicted octanol–water partition coefficient (Wildman–Crippen LogP) is 2.94. The van der Waals surface area contributed by atoms with Crippen LogP contribution in [0.1, 0.15) is 5.56 Å². The Morgan fingerprint density at radius 3 is 2.83 bits per heavy atom. The SMILES string of the molecule is COc1ccccc1CNc1nc(Cl)ccc1N. The van der Waals surface area contributed by atoms with Crippen LogP contribution in [0.15, 0.2) is 36.4 Å². The van der Waals surface area contributed by atoms with Crippen LogP contribution in [0.4, 0.5) is 11.5 Å². The van der Waals surface area contributed by atoms with Crippen LogP contribution in [-0.4, -0.2) is 12.1 Å². The molecule has 2 aromatic rings. The average molecular weight is 264 g/mol. The number of benzene rings is 1. The molecule has 0 amide bonds. The molecule has 3 N–H and O–H groups in total. The van der Waals surface area contributed by atoms with Gasteiger partial charge in [-0.15, -0.1) is 0 Å². The lowest BCUT2D eigenvalue weighted by atomic mass is 10.2. The number of anilines is 2. The topological polar surface area (TPSA) is 60.2 Å². The van der Waals surface area contributed by atoms with Crippen molar-refractivity contribution >= 4 is 23.1 Å². The first-order chi connectivity index (χ1) is 8.70. The molecule has 0 saturated heterocycles. The van der Waals surface area contributed by atoms with E-state index in [9.17, 15) is 0 Å². The first-order valence-electron chi connectivity index (χ1n) is 5.48. The van der Waals surface area contributed by atoms with Gasteiger partial charge in [0.05, 0.1) is 12.8 Å². The monoisotopic (exact) mass is 263 g/mol. The molecular formula is C13H14ClN3O. The predicted molar refractivity (Wildman–Crippen MR) is 74.0 cm³/mol. The highest BCUT2D eigenvalue weighted by Gasteiger charge is 2.04. The van der Waals surface area contributed by atoms with Gasteiger partial charge in [0.25, 0.3) is 0 Å². The molecule has 0 aliphatic carbocycles. The maximum Gasteiger partial charge on any atom is 0.151 e. The molecule has 1 heterocycles. The van der Waals surface area contributed by atoms with Gasteiger partial charge in [-0.05, 0) is 18.2 Å². The van der Waals surface area contributed by atoms with Gasteiger partial charge in [0.2, 0.25) is 0 Å². The Bertz CT molecular complexity index is 546. The average Bonchev–Trinajstić information content (AvgIpc) is 2.40. The zero-order valence-corrected chi connectivity index (χ0v) is 10.7. The Balaban J connectivity index is 2.14. The van der Waals surface area contributed by atoms with Gasteiger partial charge in [-0.25, -0.2) is 4.98 Å². The molecular weight excluding hydrogens is 250 g/mol. The summed E-state index contributed by atoms with van der Waals surface area (Å²) >= 11 is 5.83. The molecule has 4 nitrogen and oxygen atoms in total. The number of para-hydroxylation sites is 1. The maximum atomic E-state index is 5.83. The van der Waals surface area contributed by atoms with Crippen LogP contribution in [0, 0.1) is 0 Å². The quantitative estimate of drug-likeness (QED) is 0.833. The van der Waals surface area contributed by atoms with Crippen LogP contribution in [0.5, 0.6) is 5.75 Å². The molecule has 0 bridgehead atoms. The molecule has 1 aromatic carbocycles. The van der Waals surface area contributed by atoms with E-state index in [2.05, 4.69) is 10.3 Å². The number of ether oxygens (including phenoxy) is 1. The molecule has 5 heteroatoms. The molecule has 0 spiro atoms. The summed E-state index contributed by atoms with van der Waals surface area (Å²) in [6.07, 6.45) is 0. The number of nitrogens with zero attached hydrogens (tertiary/aromatic N) is 1. The summed E-state index contributed by atoms with van der Waals surface area (Å²) in [5.41, 5.74) is 7.40. The van der Waals surface area contributed by atoms with Crippen LogP contribution >= 0.6 is 11.6 Å². The lowest BCUT2D eigenvalue weighted by Crippen LogP contribution is -2.05. The van der Waals surface area contributed by atoms with E-state index in [0.717, 1.165) is 11.3 Å². The minimum atomic E-state index is 0.409. The van der Waals surface area contributed by atoms with Gasteiger partial charge in [0.1, 0.15) is 10.9 Å². The van der Waals surface area contributed by atoms with Gasteiger partial charge in [0, 0.05) is 12.1 Å². The zero-order chi connectivity index (χ0) is 13.0. The van der Waals surface area contributed by atoms with E-state index in [1.807, 2.05) is 24.3 Å². The van der Waals surface area contributed by atoms with Crippen molar-refractivity contribution in [3.8, 4) is 5.75 Å². The molecule has 18 heavy (non-hydrogen) atoms. The smallest absolute Gasteiger partial charge is 0.151 e. The maximum absolute atomic E-state index is 5.83. The number of rotatable bonds is 4. The summed E-state index contributed by atoms with van der Waals surface area (Å²) in [5, 5.41) is 3.55. The zero-order valence-electron chi connectivity index (χ0n) is 9.98. The lowest BCUT2D eigenvalue weighted by Gasteiger charge is -2.11. The Morgan fingerprint density at radius 1 is 1.28 bits per heavy atom. The first-order valence-corrected chi connectivity index (χ1v) is 5.86. The fourth-order valence-electron chi connectivity index (χ4n) is 1.62. The standard InChI is InChI=1S/C13H14ClN3O/c1-18-11-5-3-2-4-9(11)8-16-13-10(15)6-7-12(14)17-13/h2-7H,8,15H2,1H3,(H,16,17). The van der Waals surface area contributed by atoms with Gasteiger partial charge < -0.3 is 15.8 Å². The van der Waals surface area contributed by atoms with E-state index in [1.54, 1.807) is 19.2 Å². The lowest BCUT2D eigenvalue weighted by molar-refractivity contribution is 0.410. The van der Waals surface area contributed by atoms with Crippen molar-refractivity contribution in [2.24, 2.45) is 0 Å². The number of halogens is 1. The molecule has 0 fully saturated rings. The van der Waals surface area contributed by atoms with Crippen molar-refractivity contribution in [1.82, 2.24) is 4.98 Å². The highest BCUT2D eigenvalue weighted by atomic mass is 35.5. The van der Waals surface area contributed by atoms with Crippen molar-refractivity contribution in [2.45, 2.75) is 6.54 Å².